The van der Waals surface area contributed by atoms with Gasteiger partial charge >= 0.3 is 11.9 Å². The van der Waals surface area contributed by atoms with Gasteiger partial charge in [0.15, 0.2) is 0 Å². The van der Waals surface area contributed by atoms with E-state index in [1.807, 2.05) is 6.92 Å². The summed E-state index contributed by atoms with van der Waals surface area (Å²) in [6.07, 6.45) is 1.59. The van der Waals surface area contributed by atoms with Gasteiger partial charge < -0.3 is 9.47 Å². The van der Waals surface area contributed by atoms with Crippen molar-refractivity contribution in [2.75, 3.05) is 6.61 Å². The van der Waals surface area contributed by atoms with Gasteiger partial charge in [0.2, 0.25) is 0 Å². The highest BCUT2D eigenvalue weighted by Crippen LogP contribution is 2.35. The Kier molecular flexibility index (Phi) is 3.92. The van der Waals surface area contributed by atoms with Crippen LogP contribution in [0.2, 0.25) is 0 Å². The lowest BCUT2D eigenvalue weighted by Gasteiger charge is -2.02. The Bertz CT molecular complexity index is 224. The Hall–Kier alpha value is -1.06. The van der Waals surface area contributed by atoms with Crippen LogP contribution in [0.4, 0.5) is 0 Å². The Labute approximate surface area is 83.6 Å². The summed E-state index contributed by atoms with van der Waals surface area (Å²) in [5.41, 5.74) is 0. The molecular weight excluding hydrogens is 184 g/mol. The lowest BCUT2D eigenvalue weighted by atomic mass is 10.3. The Morgan fingerprint density at radius 3 is 2.64 bits per heavy atom. The van der Waals surface area contributed by atoms with Crippen molar-refractivity contribution in [2.24, 2.45) is 5.92 Å². The monoisotopic (exact) mass is 200 g/mol. The van der Waals surface area contributed by atoms with Crippen molar-refractivity contribution in [3.63, 3.8) is 0 Å². The van der Waals surface area contributed by atoms with E-state index in [2.05, 4.69) is 0 Å². The van der Waals surface area contributed by atoms with Crippen LogP contribution in [0.5, 0.6) is 0 Å². The molecular formula is C10H16O4. The van der Waals surface area contributed by atoms with Gasteiger partial charge in [0, 0.05) is 12.8 Å². The molecule has 1 rings (SSSR count). The van der Waals surface area contributed by atoms with Gasteiger partial charge in [0.25, 0.3) is 0 Å². The fourth-order valence-electron chi connectivity index (χ4n) is 1.23. The first kappa shape index (κ1) is 11.0. The molecule has 4 nitrogen and oxygen atoms in total. The summed E-state index contributed by atoms with van der Waals surface area (Å²) in [4.78, 5) is 22.2. The number of ether oxygens (including phenoxy) is 2. The molecule has 1 fully saturated rings. The lowest BCUT2D eigenvalue weighted by Crippen LogP contribution is -2.13. The van der Waals surface area contributed by atoms with Gasteiger partial charge in [-0.3, -0.25) is 9.59 Å². The highest BCUT2D eigenvalue weighted by molar-refractivity contribution is 5.78. The molecule has 0 bridgehead atoms. The summed E-state index contributed by atoms with van der Waals surface area (Å²) in [6.45, 7) is 4.06. The van der Waals surface area contributed by atoms with Crippen LogP contribution >= 0.6 is 0 Å². The average Bonchev–Trinajstić information content (AvgIpc) is 2.84. The van der Waals surface area contributed by atoms with Crippen LogP contribution in [-0.4, -0.2) is 24.6 Å². The summed E-state index contributed by atoms with van der Waals surface area (Å²) in [6, 6.07) is 0. The molecule has 0 aliphatic heterocycles. The summed E-state index contributed by atoms with van der Waals surface area (Å²) in [5.74, 6) is -0.679. The molecule has 14 heavy (non-hydrogen) atoms. The van der Waals surface area contributed by atoms with E-state index in [0.717, 1.165) is 6.42 Å². The van der Waals surface area contributed by atoms with E-state index in [1.54, 1.807) is 6.92 Å². The molecule has 1 saturated carbocycles. The number of carbonyl (C=O) groups excluding carboxylic acids is 2. The third kappa shape index (κ3) is 3.01. The van der Waals surface area contributed by atoms with E-state index < -0.39 is 0 Å². The first-order valence-electron chi connectivity index (χ1n) is 5.05. The lowest BCUT2D eigenvalue weighted by molar-refractivity contribution is -0.149. The first-order valence-corrected chi connectivity index (χ1v) is 5.05. The minimum Gasteiger partial charge on any atom is -0.466 e. The second-order valence-corrected chi connectivity index (χ2v) is 3.37. The zero-order chi connectivity index (χ0) is 10.6. The Morgan fingerprint density at radius 2 is 2.07 bits per heavy atom. The van der Waals surface area contributed by atoms with Crippen LogP contribution < -0.4 is 0 Å². The fraction of sp³-hybridized carbons (Fsp3) is 0.800. The summed E-state index contributed by atoms with van der Waals surface area (Å²) in [7, 11) is 0. The van der Waals surface area contributed by atoms with Crippen molar-refractivity contribution < 1.29 is 19.1 Å². The van der Waals surface area contributed by atoms with Gasteiger partial charge in [0.05, 0.1) is 12.5 Å². The van der Waals surface area contributed by atoms with E-state index in [0.29, 0.717) is 19.4 Å². The maximum absolute atomic E-state index is 11.1. The summed E-state index contributed by atoms with van der Waals surface area (Å²) >= 11 is 0. The number of hydrogen-bond donors (Lipinski definition) is 0. The molecule has 0 aromatic carbocycles. The molecule has 0 aromatic rings. The molecule has 4 heteroatoms. The predicted octanol–water partition coefficient (Wildman–Crippen LogP) is 1.28. The van der Waals surface area contributed by atoms with Crippen molar-refractivity contribution in [1.29, 1.82) is 0 Å². The molecule has 0 unspecified atom stereocenters. The number of carbonyl (C=O) groups is 2. The second-order valence-electron chi connectivity index (χ2n) is 3.37. The molecule has 0 saturated heterocycles. The van der Waals surface area contributed by atoms with Gasteiger partial charge in [-0.1, -0.05) is 6.92 Å². The van der Waals surface area contributed by atoms with Crippen molar-refractivity contribution in [1.82, 2.24) is 0 Å². The van der Waals surface area contributed by atoms with E-state index in [4.69, 9.17) is 9.47 Å². The zero-order valence-corrected chi connectivity index (χ0v) is 8.62. The van der Waals surface area contributed by atoms with Gasteiger partial charge in [-0.05, 0) is 13.3 Å². The maximum atomic E-state index is 11.1. The van der Waals surface area contributed by atoms with Crippen LogP contribution in [-0.2, 0) is 19.1 Å². The van der Waals surface area contributed by atoms with Crippen LogP contribution in [0, 0.1) is 5.92 Å². The van der Waals surface area contributed by atoms with Gasteiger partial charge in [-0.2, -0.15) is 0 Å². The largest absolute Gasteiger partial charge is 0.466 e. The Morgan fingerprint density at radius 1 is 1.36 bits per heavy atom. The molecule has 0 spiro atoms. The average molecular weight is 200 g/mol. The molecule has 0 aromatic heterocycles. The summed E-state index contributed by atoms with van der Waals surface area (Å²) in [5, 5.41) is 0. The molecule has 1 aliphatic rings. The number of esters is 2. The van der Waals surface area contributed by atoms with E-state index >= 15 is 0 Å². The van der Waals surface area contributed by atoms with Crippen LogP contribution in [0.3, 0.4) is 0 Å². The molecule has 0 heterocycles. The maximum Gasteiger partial charge on any atom is 0.312 e. The highest BCUT2D eigenvalue weighted by Gasteiger charge is 2.47. The fourth-order valence-corrected chi connectivity index (χ4v) is 1.23. The molecule has 80 valence electrons. The van der Waals surface area contributed by atoms with E-state index in [9.17, 15) is 9.59 Å². The normalized spacial score (nSPS) is 24.1. The van der Waals surface area contributed by atoms with Crippen LogP contribution in [0.15, 0.2) is 0 Å². The van der Waals surface area contributed by atoms with Gasteiger partial charge in [-0.25, -0.2) is 0 Å². The second kappa shape index (κ2) is 4.98. The van der Waals surface area contributed by atoms with Crippen molar-refractivity contribution in [3.05, 3.63) is 0 Å². The molecule has 0 N–H and O–H groups in total. The number of rotatable bonds is 5. The molecule has 1 aliphatic carbocycles. The minimum atomic E-state index is -0.248. The van der Waals surface area contributed by atoms with Crippen molar-refractivity contribution >= 4 is 11.9 Å². The van der Waals surface area contributed by atoms with Crippen LogP contribution in [0.1, 0.15) is 33.1 Å². The Balaban J connectivity index is 2.19. The standard InChI is InChI=1S/C10H16O4/c1-3-5-9(11)14-8-6-7(8)10(12)13-4-2/h7-8H,3-6H2,1-2H3/t7-,8+/m0/s1. The minimum absolute atomic E-state index is 0.212. The van der Waals surface area contributed by atoms with E-state index in [-0.39, 0.29) is 24.0 Å². The first-order chi connectivity index (χ1) is 6.69. The molecule has 2 atom stereocenters. The molecule has 0 amide bonds. The van der Waals surface area contributed by atoms with Gasteiger partial charge in [0.1, 0.15) is 6.10 Å². The molecule has 0 radical (unpaired) electrons. The quantitative estimate of drug-likeness (QED) is 0.627. The number of hydrogen-bond acceptors (Lipinski definition) is 4. The third-order valence-corrected chi connectivity index (χ3v) is 2.06. The highest BCUT2D eigenvalue weighted by atomic mass is 16.6. The van der Waals surface area contributed by atoms with Crippen LogP contribution in [0.25, 0.3) is 0 Å². The smallest absolute Gasteiger partial charge is 0.312 e. The predicted molar refractivity (Wildman–Crippen MR) is 49.5 cm³/mol. The SMILES string of the molecule is CCCC(=O)O[C@@H]1C[C@@H]1C(=O)OCC. The third-order valence-electron chi connectivity index (χ3n) is 2.06. The van der Waals surface area contributed by atoms with Crippen molar-refractivity contribution in [2.45, 2.75) is 39.2 Å². The topological polar surface area (TPSA) is 52.6 Å². The van der Waals surface area contributed by atoms with E-state index in [1.165, 1.54) is 0 Å². The van der Waals surface area contributed by atoms with Gasteiger partial charge in [-0.15, -0.1) is 0 Å². The zero-order valence-electron chi connectivity index (χ0n) is 8.62. The van der Waals surface area contributed by atoms with Crippen molar-refractivity contribution in [3.8, 4) is 0 Å². The summed E-state index contributed by atoms with van der Waals surface area (Å²) < 4.78 is 9.85.